The summed E-state index contributed by atoms with van der Waals surface area (Å²) >= 11 is 5.78. The lowest BCUT2D eigenvalue weighted by atomic mass is 9.93. The second kappa shape index (κ2) is 5.65. The zero-order valence-electron chi connectivity index (χ0n) is 10.2. The molecule has 4 nitrogen and oxygen atoms in total. The lowest BCUT2D eigenvalue weighted by molar-refractivity contribution is 0.121. The van der Waals surface area contributed by atoms with Crippen LogP contribution in [-0.4, -0.2) is 28.7 Å². The molecule has 1 fully saturated rings. The minimum atomic E-state index is 0.205. The molecule has 5 heteroatoms. The van der Waals surface area contributed by atoms with Gasteiger partial charge in [0.25, 0.3) is 0 Å². The Morgan fingerprint density at radius 2 is 2.29 bits per heavy atom. The van der Waals surface area contributed by atoms with E-state index < -0.39 is 0 Å². The van der Waals surface area contributed by atoms with E-state index in [1.54, 1.807) is 6.20 Å². The van der Waals surface area contributed by atoms with E-state index in [0.717, 1.165) is 19.4 Å². The molecule has 0 spiro atoms. The number of hydrogen-bond donors (Lipinski definition) is 1. The molecule has 0 radical (unpaired) electrons. The van der Waals surface area contributed by atoms with Crippen molar-refractivity contribution in [1.82, 2.24) is 15.3 Å². The third-order valence-corrected chi connectivity index (χ3v) is 3.25. The van der Waals surface area contributed by atoms with Crippen molar-refractivity contribution >= 4 is 11.6 Å². The van der Waals surface area contributed by atoms with E-state index in [9.17, 15) is 0 Å². The van der Waals surface area contributed by atoms with Crippen LogP contribution in [0.4, 0.5) is 0 Å². The molecule has 94 valence electrons. The van der Waals surface area contributed by atoms with E-state index >= 15 is 0 Å². The van der Waals surface area contributed by atoms with Crippen molar-refractivity contribution in [3.05, 3.63) is 17.5 Å². The monoisotopic (exact) mass is 255 g/mol. The Kier molecular flexibility index (Phi) is 4.18. The van der Waals surface area contributed by atoms with Crippen LogP contribution in [0.1, 0.15) is 26.7 Å². The number of hydrogen-bond acceptors (Lipinski definition) is 4. The van der Waals surface area contributed by atoms with Gasteiger partial charge < -0.3 is 10.1 Å². The summed E-state index contributed by atoms with van der Waals surface area (Å²) in [6.45, 7) is 5.43. The minimum absolute atomic E-state index is 0.205. The number of nitrogens with one attached hydrogen (secondary N) is 1. The SMILES string of the molecule is CC(C)[C@H]1C[C@H](Oc2cncc(Cl)n2)CCN1. The van der Waals surface area contributed by atoms with Crippen molar-refractivity contribution in [2.24, 2.45) is 5.92 Å². The van der Waals surface area contributed by atoms with Crippen LogP contribution in [0.15, 0.2) is 12.4 Å². The van der Waals surface area contributed by atoms with Crippen molar-refractivity contribution in [3.8, 4) is 5.88 Å². The van der Waals surface area contributed by atoms with E-state index in [1.165, 1.54) is 6.20 Å². The first-order valence-electron chi connectivity index (χ1n) is 6.02. The van der Waals surface area contributed by atoms with Crippen LogP contribution in [0.2, 0.25) is 5.15 Å². The predicted octanol–water partition coefficient (Wildman–Crippen LogP) is 2.29. The molecule has 2 rings (SSSR count). The lowest BCUT2D eigenvalue weighted by Gasteiger charge is -2.32. The van der Waals surface area contributed by atoms with Crippen molar-refractivity contribution in [3.63, 3.8) is 0 Å². The Balaban J connectivity index is 1.94. The molecule has 1 N–H and O–H groups in total. The number of ether oxygens (including phenoxy) is 1. The quantitative estimate of drug-likeness (QED) is 0.900. The van der Waals surface area contributed by atoms with Crippen LogP contribution in [0, 0.1) is 5.92 Å². The summed E-state index contributed by atoms with van der Waals surface area (Å²) in [5, 5.41) is 3.88. The van der Waals surface area contributed by atoms with Gasteiger partial charge in [-0.15, -0.1) is 0 Å². The van der Waals surface area contributed by atoms with Crippen LogP contribution in [0.5, 0.6) is 5.88 Å². The van der Waals surface area contributed by atoms with Gasteiger partial charge in [-0.2, -0.15) is 4.98 Å². The summed E-state index contributed by atoms with van der Waals surface area (Å²) in [6, 6.07) is 0.515. The van der Waals surface area contributed by atoms with E-state index in [4.69, 9.17) is 16.3 Å². The molecular weight excluding hydrogens is 238 g/mol. The molecular formula is C12H18ClN3O. The van der Waals surface area contributed by atoms with Crippen LogP contribution >= 0.6 is 11.6 Å². The van der Waals surface area contributed by atoms with E-state index in [0.29, 0.717) is 23.0 Å². The predicted molar refractivity (Wildman–Crippen MR) is 67.3 cm³/mol. The molecule has 1 aliphatic rings. The van der Waals surface area contributed by atoms with E-state index in [2.05, 4.69) is 29.1 Å². The lowest BCUT2D eigenvalue weighted by Crippen LogP contribution is -2.45. The maximum absolute atomic E-state index is 5.82. The molecule has 0 saturated carbocycles. The zero-order valence-corrected chi connectivity index (χ0v) is 10.9. The first-order chi connectivity index (χ1) is 8.15. The highest BCUT2D eigenvalue weighted by Gasteiger charge is 2.25. The van der Waals surface area contributed by atoms with Gasteiger partial charge in [-0.05, 0) is 25.3 Å². The third kappa shape index (κ3) is 3.54. The van der Waals surface area contributed by atoms with Crippen LogP contribution < -0.4 is 10.1 Å². The summed E-state index contributed by atoms with van der Waals surface area (Å²) < 4.78 is 5.82. The highest BCUT2D eigenvalue weighted by atomic mass is 35.5. The van der Waals surface area contributed by atoms with Crippen LogP contribution in [0.3, 0.4) is 0 Å². The van der Waals surface area contributed by atoms with Gasteiger partial charge in [0.1, 0.15) is 6.10 Å². The summed E-state index contributed by atoms with van der Waals surface area (Å²) in [5.41, 5.74) is 0. The maximum Gasteiger partial charge on any atom is 0.234 e. The smallest absolute Gasteiger partial charge is 0.234 e. The van der Waals surface area contributed by atoms with Crippen LogP contribution in [0.25, 0.3) is 0 Å². The summed E-state index contributed by atoms with van der Waals surface area (Å²) in [6.07, 6.45) is 5.33. The molecule has 0 unspecified atom stereocenters. The Morgan fingerprint density at radius 3 is 3.00 bits per heavy atom. The topological polar surface area (TPSA) is 47.0 Å². The summed E-state index contributed by atoms with van der Waals surface area (Å²) in [5.74, 6) is 1.14. The Labute approximate surface area is 107 Å². The van der Waals surface area contributed by atoms with E-state index in [-0.39, 0.29) is 6.10 Å². The first kappa shape index (κ1) is 12.6. The van der Waals surface area contributed by atoms with Gasteiger partial charge in [0.15, 0.2) is 5.15 Å². The average Bonchev–Trinajstić information content (AvgIpc) is 2.29. The third-order valence-electron chi connectivity index (χ3n) is 3.06. The van der Waals surface area contributed by atoms with Crippen molar-refractivity contribution in [1.29, 1.82) is 0 Å². The number of halogens is 1. The van der Waals surface area contributed by atoms with Gasteiger partial charge in [0.05, 0.1) is 12.4 Å². The van der Waals surface area contributed by atoms with Gasteiger partial charge in [-0.3, -0.25) is 4.98 Å². The number of rotatable bonds is 3. The first-order valence-corrected chi connectivity index (χ1v) is 6.40. The second-order valence-electron chi connectivity index (χ2n) is 4.75. The molecule has 2 atom stereocenters. The largest absolute Gasteiger partial charge is 0.473 e. The van der Waals surface area contributed by atoms with Crippen LogP contribution in [-0.2, 0) is 0 Å². The molecule has 0 bridgehead atoms. The standard InChI is InChI=1S/C12H18ClN3O/c1-8(2)10-5-9(3-4-15-10)17-12-7-14-6-11(13)16-12/h6-10,15H,3-5H2,1-2H3/t9-,10-/m1/s1. The van der Waals surface area contributed by atoms with Gasteiger partial charge in [0, 0.05) is 6.04 Å². The Hall–Kier alpha value is -0.870. The molecule has 2 heterocycles. The van der Waals surface area contributed by atoms with Crippen molar-refractivity contribution in [2.45, 2.75) is 38.8 Å². The highest BCUT2D eigenvalue weighted by Crippen LogP contribution is 2.20. The highest BCUT2D eigenvalue weighted by molar-refractivity contribution is 6.29. The fourth-order valence-electron chi connectivity index (χ4n) is 2.08. The molecule has 1 aromatic rings. The molecule has 0 aromatic carbocycles. The fourth-order valence-corrected chi connectivity index (χ4v) is 2.22. The van der Waals surface area contributed by atoms with Gasteiger partial charge in [-0.25, -0.2) is 0 Å². The zero-order chi connectivity index (χ0) is 12.3. The molecule has 0 amide bonds. The molecule has 0 aliphatic carbocycles. The fraction of sp³-hybridized carbons (Fsp3) is 0.667. The summed E-state index contributed by atoms with van der Waals surface area (Å²) in [4.78, 5) is 8.07. The van der Waals surface area contributed by atoms with E-state index in [1.807, 2.05) is 0 Å². The second-order valence-corrected chi connectivity index (χ2v) is 5.14. The number of aromatic nitrogens is 2. The van der Waals surface area contributed by atoms with Gasteiger partial charge in [-0.1, -0.05) is 25.4 Å². The van der Waals surface area contributed by atoms with Crippen molar-refractivity contribution < 1.29 is 4.74 Å². The normalized spacial score (nSPS) is 24.9. The van der Waals surface area contributed by atoms with Crippen molar-refractivity contribution in [2.75, 3.05) is 6.54 Å². The maximum atomic E-state index is 5.82. The average molecular weight is 256 g/mol. The van der Waals surface area contributed by atoms with Gasteiger partial charge in [0.2, 0.25) is 5.88 Å². The summed E-state index contributed by atoms with van der Waals surface area (Å²) in [7, 11) is 0. The molecule has 1 aliphatic heterocycles. The minimum Gasteiger partial charge on any atom is -0.473 e. The molecule has 1 aromatic heterocycles. The van der Waals surface area contributed by atoms with Gasteiger partial charge >= 0.3 is 0 Å². The molecule has 17 heavy (non-hydrogen) atoms. The molecule has 1 saturated heterocycles. The Bertz CT molecular complexity index is 373. The Morgan fingerprint density at radius 1 is 1.47 bits per heavy atom. The number of nitrogens with zero attached hydrogens (tertiary/aromatic N) is 2. The number of piperidine rings is 1.